The van der Waals surface area contributed by atoms with Gasteiger partial charge in [-0.25, -0.2) is 4.98 Å². The Kier molecular flexibility index (Phi) is 6.95. The summed E-state index contributed by atoms with van der Waals surface area (Å²) in [5, 5.41) is 0.941. The van der Waals surface area contributed by atoms with Gasteiger partial charge in [0, 0.05) is 31.7 Å². The number of hydrogen-bond donors (Lipinski definition) is 1. The van der Waals surface area contributed by atoms with Crippen molar-refractivity contribution in [2.45, 2.75) is 24.3 Å². The van der Waals surface area contributed by atoms with Gasteiger partial charge in [-0.05, 0) is 57.1 Å². The minimum atomic E-state index is -4.11. The summed E-state index contributed by atoms with van der Waals surface area (Å²) < 4.78 is 29.1. The molecule has 0 unspecified atom stereocenters. The van der Waals surface area contributed by atoms with Crippen LogP contribution in [0.4, 0.5) is 0 Å². The summed E-state index contributed by atoms with van der Waals surface area (Å²) in [6, 6.07) is 38.4. The molecule has 0 saturated heterocycles. The molecule has 7 heteroatoms. The maximum Gasteiger partial charge on any atom is 0.312 e. The normalized spacial score (nSPS) is 13.3. The van der Waals surface area contributed by atoms with E-state index in [0.29, 0.717) is 0 Å². The second-order valence-electron chi connectivity index (χ2n) is 10.8. The first-order valence-electron chi connectivity index (χ1n) is 13.3. The Morgan fingerprint density at radius 1 is 0.714 bits per heavy atom. The van der Waals surface area contributed by atoms with Crippen LogP contribution in [0.15, 0.2) is 114 Å². The Balaban J connectivity index is 0.000000247. The zero-order valence-electron chi connectivity index (χ0n) is 22.8. The van der Waals surface area contributed by atoms with Crippen molar-refractivity contribution in [3.8, 4) is 44.6 Å². The van der Waals surface area contributed by atoms with Crippen LogP contribution < -0.4 is 0 Å². The largest absolute Gasteiger partial charge is 0.312 e. The zero-order chi connectivity index (χ0) is 28.4. The monoisotopic (exact) mass is 746 g/mol. The minimum absolute atomic E-state index is 0. The summed E-state index contributed by atoms with van der Waals surface area (Å²) in [6.45, 7) is 4.63. The van der Waals surface area contributed by atoms with Gasteiger partial charge in [-0.2, -0.15) is 8.42 Å². The first-order chi connectivity index (χ1) is 19.7. The number of benzene rings is 4. The van der Waals surface area contributed by atoms with E-state index in [-0.39, 0.29) is 30.5 Å². The van der Waals surface area contributed by atoms with E-state index in [2.05, 4.69) is 110 Å². The second kappa shape index (κ2) is 10.4. The maximum atomic E-state index is 10.3. The Morgan fingerprint density at radius 3 is 2.07 bits per heavy atom. The Morgan fingerprint density at radius 2 is 1.38 bits per heavy atom. The molecule has 0 spiro atoms. The Labute approximate surface area is 258 Å². The fourth-order valence-corrected chi connectivity index (χ4v) is 6.55. The number of hydrogen-bond acceptors (Lipinski definition) is 4. The molecule has 2 aromatic heterocycles. The molecule has 8 rings (SSSR count). The van der Waals surface area contributed by atoms with Gasteiger partial charge >= 0.3 is 10.1 Å². The van der Waals surface area contributed by atoms with Crippen LogP contribution in [0.3, 0.4) is 0 Å². The smallest absolute Gasteiger partial charge is 0.296 e. The van der Waals surface area contributed by atoms with Crippen LogP contribution >= 0.6 is 0 Å². The SMILES string of the molecule is CC1(C)c2ccccc2-c2c[c-]c(-c3cc4c5c(cccc5n3)-c3ccccc3-4)cc21.O=S(=O)(O)c1ccccn1.[Ir]. The first kappa shape index (κ1) is 28.1. The molecule has 0 fully saturated rings. The van der Waals surface area contributed by atoms with Crippen molar-refractivity contribution < 1.29 is 33.1 Å². The topological polar surface area (TPSA) is 80.2 Å². The van der Waals surface area contributed by atoms with E-state index < -0.39 is 10.1 Å². The van der Waals surface area contributed by atoms with Crippen molar-refractivity contribution in [2.24, 2.45) is 0 Å². The van der Waals surface area contributed by atoms with Crippen LogP contribution in [0.25, 0.3) is 55.5 Å². The van der Waals surface area contributed by atoms with E-state index in [0.717, 1.165) is 16.8 Å². The molecule has 0 aliphatic heterocycles. The average Bonchev–Trinajstić information content (AvgIpc) is 3.43. The van der Waals surface area contributed by atoms with Crippen LogP contribution in [0.5, 0.6) is 0 Å². The van der Waals surface area contributed by atoms with E-state index in [9.17, 15) is 8.42 Å². The summed E-state index contributed by atoms with van der Waals surface area (Å²) in [7, 11) is -4.11. The van der Waals surface area contributed by atoms with E-state index in [4.69, 9.17) is 9.54 Å². The molecule has 209 valence electrons. The number of fused-ring (bicyclic) bond motifs is 6. The molecular formula is C35H25IrN2O3S-. The van der Waals surface area contributed by atoms with Crippen LogP contribution in [-0.4, -0.2) is 22.9 Å². The minimum Gasteiger partial charge on any atom is -0.296 e. The molecule has 42 heavy (non-hydrogen) atoms. The molecule has 2 aliphatic rings. The van der Waals surface area contributed by atoms with Gasteiger partial charge < -0.3 is 0 Å². The van der Waals surface area contributed by atoms with Crippen molar-refractivity contribution in [1.29, 1.82) is 0 Å². The summed E-state index contributed by atoms with van der Waals surface area (Å²) in [4.78, 5) is 8.49. The van der Waals surface area contributed by atoms with Crippen LogP contribution in [-0.2, 0) is 35.6 Å². The molecule has 0 atom stereocenters. The molecular weight excluding hydrogens is 721 g/mol. The Bertz CT molecular complexity index is 2110. The second-order valence-corrected chi connectivity index (χ2v) is 12.2. The van der Waals surface area contributed by atoms with Crippen LogP contribution in [0.1, 0.15) is 25.0 Å². The number of nitrogens with zero attached hydrogens (tertiary/aromatic N) is 2. The molecule has 2 heterocycles. The first-order valence-corrected chi connectivity index (χ1v) is 14.8. The maximum absolute atomic E-state index is 10.3. The summed E-state index contributed by atoms with van der Waals surface area (Å²) in [6.07, 6.45) is 1.29. The van der Waals surface area contributed by atoms with E-state index in [1.807, 2.05) is 0 Å². The van der Waals surface area contributed by atoms with Crippen LogP contribution in [0, 0.1) is 6.07 Å². The van der Waals surface area contributed by atoms with Crippen molar-refractivity contribution in [1.82, 2.24) is 9.97 Å². The van der Waals surface area contributed by atoms with Crippen molar-refractivity contribution in [3.63, 3.8) is 0 Å². The molecule has 1 N–H and O–H groups in total. The van der Waals surface area contributed by atoms with E-state index in [1.165, 1.54) is 68.2 Å². The van der Waals surface area contributed by atoms with Gasteiger partial charge in [0.25, 0.3) is 0 Å². The molecule has 4 aromatic carbocycles. The van der Waals surface area contributed by atoms with Gasteiger partial charge in [-0.15, -0.1) is 29.3 Å². The quantitative estimate of drug-likeness (QED) is 0.144. The summed E-state index contributed by atoms with van der Waals surface area (Å²) >= 11 is 0. The summed E-state index contributed by atoms with van der Waals surface area (Å²) in [5.41, 5.74) is 13.6. The molecule has 0 saturated carbocycles. The zero-order valence-corrected chi connectivity index (χ0v) is 26.0. The van der Waals surface area contributed by atoms with Crippen molar-refractivity contribution in [2.75, 3.05) is 0 Å². The number of rotatable bonds is 2. The van der Waals surface area contributed by atoms with E-state index in [1.54, 1.807) is 6.07 Å². The molecule has 0 bridgehead atoms. The fourth-order valence-electron chi connectivity index (χ4n) is 6.10. The van der Waals surface area contributed by atoms with E-state index >= 15 is 0 Å². The predicted molar refractivity (Wildman–Crippen MR) is 162 cm³/mol. The number of pyridine rings is 2. The van der Waals surface area contributed by atoms with Crippen LogP contribution in [0.2, 0.25) is 0 Å². The summed E-state index contributed by atoms with van der Waals surface area (Å²) in [5.74, 6) is 0. The standard InChI is InChI=1S/C30H20N.C5H5NO3S.Ir/c1-30(2)25-12-6-5-10-21(25)22-15-14-18(16-26(22)30)28-17-24-20-9-4-3-8-19(20)23-11-7-13-27(31-28)29(23)24;7-10(8,9)5-3-1-2-4-6-5;/h3-13,15-17H,1-2H3;1-4H,(H,7,8,9);/q-1;;. The molecule has 5 nitrogen and oxygen atoms in total. The number of aromatic nitrogens is 2. The molecule has 1 radical (unpaired) electrons. The Hall–Kier alpha value is -4.00. The van der Waals surface area contributed by atoms with Gasteiger partial charge in [-0.3, -0.25) is 9.54 Å². The third-order valence-electron chi connectivity index (χ3n) is 8.03. The fraction of sp³-hybridized carbons (Fsp3) is 0.0857. The molecule has 0 amide bonds. The van der Waals surface area contributed by atoms with Gasteiger partial charge in [-0.1, -0.05) is 97.8 Å². The van der Waals surface area contributed by atoms with Gasteiger partial charge in [0.15, 0.2) is 5.03 Å². The van der Waals surface area contributed by atoms with Gasteiger partial charge in [0.05, 0.1) is 5.52 Å². The van der Waals surface area contributed by atoms with Gasteiger partial charge in [0.1, 0.15) is 0 Å². The molecule has 2 aliphatic carbocycles. The predicted octanol–water partition coefficient (Wildman–Crippen LogP) is 7.98. The third-order valence-corrected chi connectivity index (χ3v) is 8.80. The van der Waals surface area contributed by atoms with Crippen molar-refractivity contribution >= 4 is 21.0 Å². The average molecular weight is 746 g/mol. The molecule has 6 aromatic rings. The van der Waals surface area contributed by atoms with Gasteiger partial charge in [0.2, 0.25) is 0 Å². The third kappa shape index (κ3) is 4.50. The van der Waals surface area contributed by atoms with Crippen molar-refractivity contribution in [3.05, 3.63) is 127 Å².